The van der Waals surface area contributed by atoms with E-state index in [9.17, 15) is 15.0 Å². The van der Waals surface area contributed by atoms with Crippen LogP contribution >= 0.6 is 0 Å². The van der Waals surface area contributed by atoms with Crippen LogP contribution < -0.4 is 24.3 Å². The van der Waals surface area contributed by atoms with E-state index in [4.69, 9.17) is 18.9 Å². The zero-order chi connectivity index (χ0) is 32.8. The molecule has 244 valence electrons. The minimum atomic E-state index is -2.17. The van der Waals surface area contributed by atoms with Gasteiger partial charge in [-0.2, -0.15) is 0 Å². The highest BCUT2D eigenvalue weighted by Crippen LogP contribution is 2.68. The van der Waals surface area contributed by atoms with E-state index in [1.165, 1.54) is 14.2 Å². The van der Waals surface area contributed by atoms with Gasteiger partial charge in [0.2, 0.25) is 11.8 Å². The molecule has 0 spiro atoms. The van der Waals surface area contributed by atoms with Gasteiger partial charge in [-0.1, -0.05) is 56.3 Å². The number of carbonyl (C=O) groups excluding carboxylic acids is 2. The standard InChI is InChI=1S/C36H42N2O8/c1-6-21(2)32(39)37-28-13-10-18-38(28)33(40)31-29(22-11-8-7-9-12-22)36(23-14-16-24(43-3)17-15-23)34(41)35(31,42)30-26(45-5)19-25(44-4)20-27(30)46-36/h7-9,11-12,14-17,19-21,28-29,31,34,41-42H,6,10,13,18H2,1-5H3,(H,37,39)/t21-,28+,29+,31-,34+,35+,36+/m1/s1. The fraction of sp³-hybridized carbons (Fsp3) is 0.444. The molecule has 0 unspecified atom stereocenters. The van der Waals surface area contributed by atoms with E-state index in [1.807, 2.05) is 44.2 Å². The maximum absolute atomic E-state index is 15.1. The van der Waals surface area contributed by atoms with Crippen molar-refractivity contribution in [3.63, 3.8) is 0 Å². The Balaban J connectivity index is 1.60. The molecule has 1 saturated carbocycles. The van der Waals surface area contributed by atoms with Crippen molar-refractivity contribution in [2.45, 2.75) is 62.5 Å². The van der Waals surface area contributed by atoms with Crippen LogP contribution in [0.15, 0.2) is 66.7 Å². The van der Waals surface area contributed by atoms with E-state index in [-0.39, 0.29) is 28.9 Å². The third-order valence-corrected chi connectivity index (χ3v) is 10.1. The number of amides is 2. The fourth-order valence-electron chi connectivity index (χ4n) is 7.61. The molecule has 10 heteroatoms. The molecular weight excluding hydrogens is 588 g/mol. The molecule has 2 fully saturated rings. The average Bonchev–Trinajstić information content (AvgIpc) is 3.59. The highest BCUT2D eigenvalue weighted by Gasteiger charge is 2.76. The van der Waals surface area contributed by atoms with Gasteiger partial charge >= 0.3 is 0 Å². The lowest BCUT2D eigenvalue weighted by atomic mass is 9.75. The SMILES string of the molecule is CC[C@@H](C)C(=O)N[C@@H]1CCCN1C(=O)[C@H]1[C@H](c2ccccc2)[C@]2(c3ccc(OC)cc3)Oc3cc(OC)cc(OC)c3[C@@]1(O)[C@@H]2O. The van der Waals surface area contributed by atoms with Crippen LogP contribution in [0.2, 0.25) is 0 Å². The molecule has 3 aromatic carbocycles. The largest absolute Gasteiger partial charge is 0.497 e. The summed E-state index contributed by atoms with van der Waals surface area (Å²) in [5.74, 6) is -1.38. The predicted octanol–water partition coefficient (Wildman–Crippen LogP) is 4.07. The number of carbonyl (C=O) groups is 2. The summed E-state index contributed by atoms with van der Waals surface area (Å²) in [5, 5.41) is 28.8. The van der Waals surface area contributed by atoms with Crippen LogP contribution in [0.25, 0.3) is 0 Å². The van der Waals surface area contributed by atoms with Crippen LogP contribution in [0.5, 0.6) is 23.0 Å². The Labute approximate surface area is 269 Å². The minimum absolute atomic E-state index is 0.132. The molecular formula is C36H42N2O8. The second kappa shape index (κ2) is 12.1. The maximum Gasteiger partial charge on any atom is 0.231 e. The van der Waals surface area contributed by atoms with Gasteiger partial charge in [-0.25, -0.2) is 0 Å². The van der Waals surface area contributed by atoms with Crippen molar-refractivity contribution in [2.75, 3.05) is 27.9 Å². The maximum atomic E-state index is 15.1. The molecule has 7 atom stereocenters. The Hall–Kier alpha value is -4.28. The summed E-state index contributed by atoms with van der Waals surface area (Å²) >= 11 is 0. The number of fused-ring (bicyclic) bond motifs is 4. The van der Waals surface area contributed by atoms with Crippen LogP contribution in [0, 0.1) is 11.8 Å². The van der Waals surface area contributed by atoms with Crippen molar-refractivity contribution in [1.29, 1.82) is 0 Å². The molecule has 10 nitrogen and oxygen atoms in total. The van der Waals surface area contributed by atoms with Crippen LogP contribution in [0.4, 0.5) is 0 Å². The summed E-state index contributed by atoms with van der Waals surface area (Å²) in [7, 11) is 4.54. The topological polar surface area (TPSA) is 127 Å². The molecule has 2 bridgehead atoms. The van der Waals surface area contributed by atoms with E-state index in [1.54, 1.807) is 48.4 Å². The Bertz CT molecular complexity index is 1600. The number of benzene rings is 3. The zero-order valence-electron chi connectivity index (χ0n) is 26.9. The molecule has 0 radical (unpaired) electrons. The fourth-order valence-corrected chi connectivity index (χ4v) is 7.61. The zero-order valence-corrected chi connectivity index (χ0v) is 26.9. The van der Waals surface area contributed by atoms with Crippen LogP contribution in [0.1, 0.15) is 55.7 Å². The number of aliphatic hydroxyl groups is 2. The average molecular weight is 631 g/mol. The quantitative estimate of drug-likeness (QED) is 0.323. The first-order valence-corrected chi connectivity index (χ1v) is 15.8. The van der Waals surface area contributed by atoms with Gasteiger partial charge in [-0.15, -0.1) is 0 Å². The first kappa shape index (κ1) is 31.7. The number of ether oxygens (including phenoxy) is 4. The van der Waals surface area contributed by atoms with E-state index in [0.717, 1.165) is 0 Å². The molecule has 0 aromatic heterocycles. The molecule has 2 amide bonds. The van der Waals surface area contributed by atoms with Crippen molar-refractivity contribution in [3.05, 3.63) is 83.4 Å². The lowest BCUT2D eigenvalue weighted by Gasteiger charge is -2.45. The first-order chi connectivity index (χ1) is 22.1. The number of nitrogens with zero attached hydrogens (tertiary/aromatic N) is 1. The summed E-state index contributed by atoms with van der Waals surface area (Å²) in [6.45, 7) is 4.19. The lowest BCUT2D eigenvalue weighted by molar-refractivity contribution is -0.167. The number of nitrogens with one attached hydrogen (secondary N) is 1. The van der Waals surface area contributed by atoms with Gasteiger partial charge in [0, 0.05) is 30.5 Å². The molecule has 3 N–H and O–H groups in total. The lowest BCUT2D eigenvalue weighted by Crippen LogP contribution is -2.56. The molecule has 1 saturated heterocycles. The predicted molar refractivity (Wildman–Crippen MR) is 170 cm³/mol. The van der Waals surface area contributed by atoms with Crippen molar-refractivity contribution in [2.24, 2.45) is 11.8 Å². The van der Waals surface area contributed by atoms with Crippen molar-refractivity contribution >= 4 is 11.8 Å². The molecule has 46 heavy (non-hydrogen) atoms. The summed E-state index contributed by atoms with van der Waals surface area (Å²) in [6, 6.07) is 19.7. The summed E-state index contributed by atoms with van der Waals surface area (Å²) in [5.41, 5.74) is -2.37. The van der Waals surface area contributed by atoms with Gasteiger partial charge in [-0.3, -0.25) is 9.59 Å². The monoisotopic (exact) mass is 630 g/mol. The molecule has 3 aromatic rings. The molecule has 1 aliphatic carbocycles. The normalized spacial score (nSPS) is 28.5. The van der Waals surface area contributed by atoms with Gasteiger partial charge < -0.3 is 39.4 Å². The number of hydrogen-bond acceptors (Lipinski definition) is 8. The Kier molecular flexibility index (Phi) is 8.37. The Morgan fingerprint density at radius 3 is 2.35 bits per heavy atom. The number of rotatable bonds is 9. The van der Waals surface area contributed by atoms with E-state index in [0.29, 0.717) is 48.4 Å². The Morgan fingerprint density at radius 2 is 1.72 bits per heavy atom. The summed E-state index contributed by atoms with van der Waals surface area (Å²) < 4.78 is 23.7. The van der Waals surface area contributed by atoms with Crippen molar-refractivity contribution in [3.8, 4) is 23.0 Å². The van der Waals surface area contributed by atoms with Gasteiger partial charge in [-0.05, 0) is 42.5 Å². The first-order valence-electron chi connectivity index (χ1n) is 15.8. The van der Waals surface area contributed by atoms with Gasteiger partial charge in [0.05, 0.1) is 32.8 Å². The Morgan fingerprint density at radius 1 is 1.02 bits per heavy atom. The second-order valence-corrected chi connectivity index (χ2v) is 12.4. The molecule has 2 heterocycles. The highest BCUT2D eigenvalue weighted by molar-refractivity contribution is 5.86. The third kappa shape index (κ3) is 4.69. The minimum Gasteiger partial charge on any atom is -0.497 e. The molecule has 2 aliphatic heterocycles. The number of hydrogen-bond donors (Lipinski definition) is 3. The van der Waals surface area contributed by atoms with Crippen molar-refractivity contribution in [1.82, 2.24) is 10.2 Å². The van der Waals surface area contributed by atoms with Crippen LogP contribution in [-0.2, 0) is 20.8 Å². The van der Waals surface area contributed by atoms with Gasteiger partial charge in [0.25, 0.3) is 0 Å². The molecule has 3 aliphatic rings. The summed E-state index contributed by atoms with van der Waals surface area (Å²) in [6.07, 6.45) is -0.244. The van der Waals surface area contributed by atoms with Gasteiger partial charge in [0.15, 0.2) is 5.60 Å². The highest BCUT2D eigenvalue weighted by atomic mass is 16.5. The third-order valence-electron chi connectivity index (χ3n) is 10.1. The number of methoxy groups -OCH3 is 3. The van der Waals surface area contributed by atoms with Crippen LogP contribution in [-0.4, -0.2) is 67.1 Å². The number of aliphatic hydroxyl groups excluding tert-OH is 1. The van der Waals surface area contributed by atoms with E-state index < -0.39 is 41.2 Å². The molecule has 6 rings (SSSR count). The summed E-state index contributed by atoms with van der Waals surface area (Å²) in [4.78, 5) is 29.8. The van der Waals surface area contributed by atoms with E-state index in [2.05, 4.69) is 5.32 Å². The number of likely N-dealkylation sites (tertiary alicyclic amines) is 1. The van der Waals surface area contributed by atoms with Crippen LogP contribution in [0.3, 0.4) is 0 Å². The van der Waals surface area contributed by atoms with E-state index >= 15 is 4.79 Å². The van der Waals surface area contributed by atoms with Crippen molar-refractivity contribution < 1.29 is 38.7 Å². The van der Waals surface area contributed by atoms with Gasteiger partial charge in [0.1, 0.15) is 40.9 Å². The smallest absolute Gasteiger partial charge is 0.231 e. The second-order valence-electron chi connectivity index (χ2n) is 12.4.